The first-order valence-corrected chi connectivity index (χ1v) is 7.82. The summed E-state index contributed by atoms with van der Waals surface area (Å²) in [5.74, 6) is 1.22. The van der Waals surface area contributed by atoms with Crippen molar-refractivity contribution in [3.05, 3.63) is 53.6 Å². The van der Waals surface area contributed by atoms with Crippen LogP contribution in [0.4, 0.5) is 0 Å². The van der Waals surface area contributed by atoms with Gasteiger partial charge >= 0.3 is 0 Å². The van der Waals surface area contributed by atoms with E-state index in [-0.39, 0.29) is 12.4 Å². The van der Waals surface area contributed by atoms with Crippen LogP contribution in [0, 0.1) is 6.92 Å². The number of ketones is 1. The highest BCUT2D eigenvalue weighted by Gasteiger charge is 2.13. The van der Waals surface area contributed by atoms with Crippen LogP contribution in [0.25, 0.3) is 0 Å². The van der Waals surface area contributed by atoms with Crippen molar-refractivity contribution in [3.63, 3.8) is 0 Å². The van der Waals surface area contributed by atoms with E-state index < -0.39 is 0 Å². The van der Waals surface area contributed by atoms with Crippen molar-refractivity contribution in [2.24, 2.45) is 0 Å². The molecule has 4 heteroatoms. The van der Waals surface area contributed by atoms with E-state index in [0.717, 1.165) is 16.2 Å². The summed E-state index contributed by atoms with van der Waals surface area (Å²) in [6.07, 6.45) is 1.98. The van der Waals surface area contributed by atoms with Gasteiger partial charge in [0.25, 0.3) is 0 Å². The lowest BCUT2D eigenvalue weighted by Crippen LogP contribution is -2.13. The SMILES string of the molecule is COc1cc(C)ccc1C(=O)COc1ccccc1SC. The van der Waals surface area contributed by atoms with Crippen molar-refractivity contribution in [1.82, 2.24) is 0 Å². The Morgan fingerprint density at radius 3 is 2.62 bits per heavy atom. The summed E-state index contributed by atoms with van der Waals surface area (Å²) in [4.78, 5) is 13.3. The van der Waals surface area contributed by atoms with Crippen LogP contribution >= 0.6 is 11.8 Å². The zero-order valence-electron chi connectivity index (χ0n) is 12.4. The second-order valence-corrected chi connectivity index (χ2v) is 5.41. The van der Waals surface area contributed by atoms with Gasteiger partial charge in [-0.1, -0.05) is 18.2 Å². The number of carbonyl (C=O) groups is 1. The average molecular weight is 302 g/mol. The predicted octanol–water partition coefficient (Wildman–Crippen LogP) is 3.99. The standard InChI is InChI=1S/C17H18O3S/c1-12-8-9-13(16(10-12)19-2)14(18)11-20-15-6-4-5-7-17(15)21-3/h4-10H,11H2,1-3H3. The molecule has 21 heavy (non-hydrogen) atoms. The number of Topliss-reactive ketones (excluding diaryl/α,β-unsaturated/α-hetero) is 1. The van der Waals surface area contributed by atoms with E-state index in [1.54, 1.807) is 24.9 Å². The van der Waals surface area contributed by atoms with Crippen molar-refractivity contribution in [2.45, 2.75) is 11.8 Å². The van der Waals surface area contributed by atoms with Crippen LogP contribution in [-0.2, 0) is 0 Å². The van der Waals surface area contributed by atoms with Crippen LogP contribution in [-0.4, -0.2) is 25.8 Å². The van der Waals surface area contributed by atoms with E-state index in [4.69, 9.17) is 9.47 Å². The summed E-state index contributed by atoms with van der Waals surface area (Å²) < 4.78 is 10.9. The van der Waals surface area contributed by atoms with Crippen molar-refractivity contribution in [3.8, 4) is 11.5 Å². The maximum Gasteiger partial charge on any atom is 0.203 e. The van der Waals surface area contributed by atoms with E-state index in [9.17, 15) is 4.79 Å². The number of hydrogen-bond acceptors (Lipinski definition) is 4. The van der Waals surface area contributed by atoms with Crippen molar-refractivity contribution in [2.75, 3.05) is 20.0 Å². The van der Waals surface area contributed by atoms with Crippen LogP contribution in [0.3, 0.4) is 0 Å². The second kappa shape index (κ2) is 7.18. The summed E-state index contributed by atoms with van der Waals surface area (Å²) >= 11 is 1.59. The first kappa shape index (κ1) is 15.4. The molecule has 2 aromatic carbocycles. The molecule has 110 valence electrons. The molecule has 0 saturated heterocycles. The number of ether oxygens (including phenoxy) is 2. The second-order valence-electron chi connectivity index (χ2n) is 4.57. The molecule has 0 unspecified atom stereocenters. The molecule has 0 aliphatic carbocycles. The van der Waals surface area contributed by atoms with Crippen LogP contribution in [0.15, 0.2) is 47.4 Å². The highest BCUT2D eigenvalue weighted by Crippen LogP contribution is 2.27. The van der Waals surface area contributed by atoms with Crippen LogP contribution in [0.2, 0.25) is 0 Å². The average Bonchev–Trinajstić information content (AvgIpc) is 2.52. The maximum atomic E-state index is 12.3. The molecular weight excluding hydrogens is 284 g/mol. The van der Waals surface area contributed by atoms with Crippen molar-refractivity contribution < 1.29 is 14.3 Å². The van der Waals surface area contributed by atoms with Gasteiger partial charge < -0.3 is 9.47 Å². The van der Waals surface area contributed by atoms with E-state index in [2.05, 4.69) is 0 Å². The number of hydrogen-bond donors (Lipinski definition) is 0. The molecule has 0 saturated carbocycles. The first-order chi connectivity index (χ1) is 10.2. The molecule has 0 aliphatic heterocycles. The van der Waals surface area contributed by atoms with Gasteiger partial charge in [0.15, 0.2) is 6.61 Å². The molecule has 0 radical (unpaired) electrons. The molecule has 0 N–H and O–H groups in total. The third kappa shape index (κ3) is 3.79. The zero-order valence-corrected chi connectivity index (χ0v) is 13.2. The van der Waals surface area contributed by atoms with E-state index in [0.29, 0.717) is 11.3 Å². The van der Waals surface area contributed by atoms with Crippen LogP contribution < -0.4 is 9.47 Å². The van der Waals surface area contributed by atoms with Crippen molar-refractivity contribution in [1.29, 1.82) is 0 Å². The summed E-state index contributed by atoms with van der Waals surface area (Å²) in [7, 11) is 1.56. The van der Waals surface area contributed by atoms with Gasteiger partial charge in [0.1, 0.15) is 11.5 Å². The smallest absolute Gasteiger partial charge is 0.203 e. The van der Waals surface area contributed by atoms with Gasteiger partial charge in [-0.15, -0.1) is 11.8 Å². The van der Waals surface area contributed by atoms with Crippen LogP contribution in [0.5, 0.6) is 11.5 Å². The fourth-order valence-corrected chi connectivity index (χ4v) is 2.53. The maximum absolute atomic E-state index is 12.3. The molecular formula is C17H18O3S. The number of methoxy groups -OCH3 is 1. The zero-order chi connectivity index (χ0) is 15.2. The molecule has 0 spiro atoms. The fourth-order valence-electron chi connectivity index (χ4n) is 1.99. The van der Waals surface area contributed by atoms with Gasteiger partial charge in [-0.3, -0.25) is 4.79 Å². The van der Waals surface area contributed by atoms with Gasteiger partial charge in [0.2, 0.25) is 5.78 Å². The molecule has 0 bridgehead atoms. The largest absolute Gasteiger partial charge is 0.496 e. The Labute approximate surface area is 129 Å². The van der Waals surface area contributed by atoms with Gasteiger partial charge in [-0.2, -0.15) is 0 Å². The monoisotopic (exact) mass is 302 g/mol. The summed E-state index contributed by atoms with van der Waals surface area (Å²) in [6, 6.07) is 13.2. The van der Waals surface area contributed by atoms with Gasteiger partial charge in [-0.05, 0) is 43.0 Å². The third-order valence-corrected chi connectivity index (χ3v) is 3.86. The number of aryl methyl sites for hydroxylation is 1. The number of thioether (sulfide) groups is 1. The number of para-hydroxylation sites is 1. The number of rotatable bonds is 6. The lowest BCUT2D eigenvalue weighted by molar-refractivity contribution is 0.0916. The molecule has 0 atom stereocenters. The molecule has 2 rings (SSSR count). The van der Waals surface area contributed by atoms with E-state index >= 15 is 0 Å². The summed E-state index contributed by atoms with van der Waals surface area (Å²) in [5.41, 5.74) is 1.60. The lowest BCUT2D eigenvalue weighted by atomic mass is 10.1. The van der Waals surface area contributed by atoms with Gasteiger partial charge in [-0.25, -0.2) is 0 Å². The fraction of sp³-hybridized carbons (Fsp3) is 0.235. The van der Waals surface area contributed by atoms with E-state index in [1.165, 1.54) is 0 Å². The Morgan fingerprint density at radius 2 is 1.90 bits per heavy atom. The lowest BCUT2D eigenvalue weighted by Gasteiger charge is -2.11. The van der Waals surface area contributed by atoms with Crippen LogP contribution in [0.1, 0.15) is 15.9 Å². The number of benzene rings is 2. The molecule has 0 amide bonds. The molecule has 0 fully saturated rings. The molecule has 0 aromatic heterocycles. The molecule has 0 aliphatic rings. The Kier molecular flexibility index (Phi) is 5.28. The normalized spacial score (nSPS) is 10.2. The Morgan fingerprint density at radius 1 is 1.14 bits per heavy atom. The highest BCUT2D eigenvalue weighted by molar-refractivity contribution is 7.98. The Hall–Kier alpha value is -1.94. The topological polar surface area (TPSA) is 35.5 Å². The minimum atomic E-state index is -0.0947. The minimum Gasteiger partial charge on any atom is -0.496 e. The van der Waals surface area contributed by atoms with Gasteiger partial charge in [0, 0.05) is 4.90 Å². The van der Waals surface area contributed by atoms with Crippen molar-refractivity contribution >= 4 is 17.5 Å². The molecule has 0 heterocycles. The molecule has 2 aromatic rings. The minimum absolute atomic E-state index is 0.00298. The summed E-state index contributed by atoms with van der Waals surface area (Å²) in [5, 5.41) is 0. The quantitative estimate of drug-likeness (QED) is 0.597. The Bertz CT molecular complexity index is 638. The number of carbonyl (C=O) groups excluding carboxylic acids is 1. The highest BCUT2D eigenvalue weighted by atomic mass is 32.2. The predicted molar refractivity (Wildman–Crippen MR) is 85.8 cm³/mol. The third-order valence-electron chi connectivity index (χ3n) is 3.09. The summed E-state index contributed by atoms with van der Waals surface area (Å²) in [6.45, 7) is 1.96. The Balaban J connectivity index is 2.12. The van der Waals surface area contributed by atoms with E-state index in [1.807, 2.05) is 49.6 Å². The van der Waals surface area contributed by atoms with Gasteiger partial charge in [0.05, 0.1) is 12.7 Å². The first-order valence-electron chi connectivity index (χ1n) is 6.59. The molecule has 3 nitrogen and oxygen atoms in total.